The van der Waals surface area contributed by atoms with Gasteiger partial charge in [-0.05, 0) is 25.2 Å². The number of hydrogen-bond acceptors (Lipinski definition) is 1. The van der Waals surface area contributed by atoms with Crippen LogP contribution in [0, 0.1) is 11.3 Å². The van der Waals surface area contributed by atoms with E-state index in [4.69, 9.17) is 0 Å². The minimum absolute atomic E-state index is 0.0139. The van der Waals surface area contributed by atoms with E-state index in [2.05, 4.69) is 19.1 Å². The van der Waals surface area contributed by atoms with Crippen molar-refractivity contribution in [3.63, 3.8) is 0 Å². The molecule has 0 bridgehead atoms. The van der Waals surface area contributed by atoms with E-state index in [9.17, 15) is 4.79 Å². The molecule has 2 aliphatic carbocycles. The van der Waals surface area contributed by atoms with Crippen LogP contribution in [0.3, 0.4) is 0 Å². The zero-order chi connectivity index (χ0) is 7.90. The quantitative estimate of drug-likeness (QED) is 0.484. The minimum Gasteiger partial charge on any atom is -0.299 e. The van der Waals surface area contributed by atoms with Crippen LogP contribution in [0.15, 0.2) is 12.2 Å². The number of Topliss-reactive ketones (excluding diaryl/α,β-unsaturated/α-hetero) is 1. The predicted molar refractivity (Wildman–Crippen MR) is 44.2 cm³/mol. The molecule has 1 saturated carbocycles. The number of rotatable bonds is 0. The first-order valence-corrected chi connectivity index (χ1v) is 4.47. The standard InChI is InChI=1S/C10H14O/c1-8-4-5-9(11)10(8)6-2-3-7-10/h2,6,8H,3-5,7H2,1H3/t8-,10+/m1/s1. The fourth-order valence-electron chi connectivity index (χ4n) is 2.45. The topological polar surface area (TPSA) is 17.1 Å². The molecule has 0 saturated heterocycles. The van der Waals surface area contributed by atoms with E-state index in [1.807, 2.05) is 0 Å². The third kappa shape index (κ3) is 0.800. The first-order valence-electron chi connectivity index (χ1n) is 4.47. The van der Waals surface area contributed by atoms with Crippen LogP contribution in [0.5, 0.6) is 0 Å². The Labute approximate surface area is 67.5 Å². The second-order valence-electron chi connectivity index (χ2n) is 3.84. The van der Waals surface area contributed by atoms with Crippen molar-refractivity contribution in [3.05, 3.63) is 12.2 Å². The van der Waals surface area contributed by atoms with Gasteiger partial charge in [0.05, 0.1) is 0 Å². The molecule has 2 atom stereocenters. The summed E-state index contributed by atoms with van der Waals surface area (Å²) in [5.41, 5.74) is -0.0139. The molecule has 2 rings (SSSR count). The molecule has 1 fully saturated rings. The van der Waals surface area contributed by atoms with Gasteiger partial charge in [0.2, 0.25) is 0 Å². The number of allylic oxidation sites excluding steroid dienone is 2. The van der Waals surface area contributed by atoms with Crippen molar-refractivity contribution < 1.29 is 4.79 Å². The van der Waals surface area contributed by atoms with E-state index in [0.717, 1.165) is 25.7 Å². The van der Waals surface area contributed by atoms with E-state index in [1.165, 1.54) is 0 Å². The maximum absolute atomic E-state index is 11.6. The summed E-state index contributed by atoms with van der Waals surface area (Å²) in [6.07, 6.45) is 8.42. The molecule has 60 valence electrons. The van der Waals surface area contributed by atoms with Gasteiger partial charge in [0.15, 0.2) is 0 Å². The number of carbonyl (C=O) groups excluding carboxylic acids is 1. The zero-order valence-corrected chi connectivity index (χ0v) is 6.97. The molecule has 0 heterocycles. The van der Waals surface area contributed by atoms with Crippen LogP contribution < -0.4 is 0 Å². The molecule has 1 heteroatoms. The zero-order valence-electron chi connectivity index (χ0n) is 6.97. The highest BCUT2D eigenvalue weighted by atomic mass is 16.1. The Morgan fingerprint density at radius 3 is 2.91 bits per heavy atom. The summed E-state index contributed by atoms with van der Waals surface area (Å²) in [6.45, 7) is 2.21. The molecule has 0 radical (unpaired) electrons. The fourth-order valence-corrected chi connectivity index (χ4v) is 2.45. The lowest BCUT2D eigenvalue weighted by Crippen LogP contribution is -2.26. The van der Waals surface area contributed by atoms with E-state index < -0.39 is 0 Å². The highest BCUT2D eigenvalue weighted by Crippen LogP contribution is 2.47. The van der Waals surface area contributed by atoms with E-state index >= 15 is 0 Å². The van der Waals surface area contributed by atoms with Crippen molar-refractivity contribution in [1.82, 2.24) is 0 Å². The Morgan fingerprint density at radius 1 is 1.64 bits per heavy atom. The lowest BCUT2D eigenvalue weighted by molar-refractivity contribution is -0.124. The van der Waals surface area contributed by atoms with Crippen LogP contribution in [0.2, 0.25) is 0 Å². The molecule has 0 N–H and O–H groups in total. The maximum atomic E-state index is 11.6. The molecule has 0 aromatic carbocycles. The molecular weight excluding hydrogens is 136 g/mol. The van der Waals surface area contributed by atoms with E-state index in [-0.39, 0.29) is 5.41 Å². The monoisotopic (exact) mass is 150 g/mol. The van der Waals surface area contributed by atoms with Crippen molar-refractivity contribution in [2.45, 2.75) is 32.6 Å². The molecule has 0 aromatic heterocycles. The summed E-state index contributed by atoms with van der Waals surface area (Å²) in [5, 5.41) is 0. The molecule has 0 amide bonds. The first kappa shape index (κ1) is 7.08. The summed E-state index contributed by atoms with van der Waals surface area (Å²) in [5.74, 6) is 1.08. The largest absolute Gasteiger partial charge is 0.299 e. The molecular formula is C10H14O. The Balaban J connectivity index is 2.34. The van der Waals surface area contributed by atoms with E-state index in [1.54, 1.807) is 0 Å². The van der Waals surface area contributed by atoms with Crippen LogP contribution in [-0.4, -0.2) is 5.78 Å². The third-order valence-corrected chi connectivity index (χ3v) is 3.34. The van der Waals surface area contributed by atoms with Gasteiger partial charge in [0.25, 0.3) is 0 Å². The smallest absolute Gasteiger partial charge is 0.143 e. The van der Waals surface area contributed by atoms with Crippen molar-refractivity contribution in [1.29, 1.82) is 0 Å². The highest BCUT2D eigenvalue weighted by molar-refractivity contribution is 5.89. The average molecular weight is 150 g/mol. The fraction of sp³-hybridized carbons (Fsp3) is 0.700. The van der Waals surface area contributed by atoms with Crippen molar-refractivity contribution in [3.8, 4) is 0 Å². The number of ketones is 1. The summed E-state index contributed by atoms with van der Waals surface area (Å²) >= 11 is 0. The van der Waals surface area contributed by atoms with E-state index in [0.29, 0.717) is 11.7 Å². The molecule has 0 unspecified atom stereocenters. The highest BCUT2D eigenvalue weighted by Gasteiger charge is 2.46. The number of carbonyl (C=O) groups is 1. The van der Waals surface area contributed by atoms with Gasteiger partial charge < -0.3 is 0 Å². The van der Waals surface area contributed by atoms with Gasteiger partial charge in [-0.1, -0.05) is 19.1 Å². The Kier molecular flexibility index (Phi) is 1.41. The maximum Gasteiger partial charge on any atom is 0.143 e. The Bertz CT molecular complexity index is 217. The SMILES string of the molecule is C[C@@H]1CCC(=O)[C@]12C=CCC2. The van der Waals surface area contributed by atoms with Crippen LogP contribution in [-0.2, 0) is 4.79 Å². The minimum atomic E-state index is -0.0139. The van der Waals surface area contributed by atoms with Gasteiger partial charge in [0.1, 0.15) is 5.78 Å². The molecule has 0 aliphatic heterocycles. The van der Waals surface area contributed by atoms with Crippen molar-refractivity contribution in [2.24, 2.45) is 11.3 Å². The van der Waals surface area contributed by atoms with Gasteiger partial charge in [-0.3, -0.25) is 4.79 Å². The van der Waals surface area contributed by atoms with Crippen molar-refractivity contribution >= 4 is 5.78 Å². The second-order valence-corrected chi connectivity index (χ2v) is 3.84. The molecule has 2 aliphatic rings. The first-order chi connectivity index (χ1) is 5.26. The summed E-state index contributed by atoms with van der Waals surface area (Å²) in [6, 6.07) is 0. The van der Waals surface area contributed by atoms with Gasteiger partial charge in [-0.25, -0.2) is 0 Å². The summed E-state index contributed by atoms with van der Waals surface area (Å²) < 4.78 is 0. The van der Waals surface area contributed by atoms with Crippen LogP contribution >= 0.6 is 0 Å². The van der Waals surface area contributed by atoms with Crippen molar-refractivity contribution in [2.75, 3.05) is 0 Å². The third-order valence-electron chi connectivity index (χ3n) is 3.34. The van der Waals surface area contributed by atoms with Gasteiger partial charge >= 0.3 is 0 Å². The Hall–Kier alpha value is -0.590. The molecule has 0 aromatic rings. The normalized spacial score (nSPS) is 42.6. The lowest BCUT2D eigenvalue weighted by atomic mass is 9.78. The number of hydrogen-bond donors (Lipinski definition) is 0. The lowest BCUT2D eigenvalue weighted by Gasteiger charge is -2.24. The van der Waals surface area contributed by atoms with Crippen LogP contribution in [0.4, 0.5) is 0 Å². The molecule has 1 nitrogen and oxygen atoms in total. The summed E-state index contributed by atoms with van der Waals surface area (Å²) in [7, 11) is 0. The summed E-state index contributed by atoms with van der Waals surface area (Å²) in [4.78, 5) is 11.6. The molecule has 11 heavy (non-hydrogen) atoms. The van der Waals surface area contributed by atoms with Crippen LogP contribution in [0.25, 0.3) is 0 Å². The average Bonchev–Trinajstić information content (AvgIpc) is 2.56. The van der Waals surface area contributed by atoms with Crippen LogP contribution in [0.1, 0.15) is 32.6 Å². The Morgan fingerprint density at radius 2 is 2.45 bits per heavy atom. The molecule has 1 spiro atoms. The second kappa shape index (κ2) is 2.20. The predicted octanol–water partition coefficient (Wildman–Crippen LogP) is 2.32. The van der Waals surface area contributed by atoms with Gasteiger partial charge in [0, 0.05) is 11.8 Å². The van der Waals surface area contributed by atoms with Gasteiger partial charge in [-0.15, -0.1) is 0 Å². The van der Waals surface area contributed by atoms with Gasteiger partial charge in [-0.2, -0.15) is 0 Å².